The Bertz CT molecular complexity index is 516. The number of thiazole rings is 1. The molecule has 19 heavy (non-hydrogen) atoms. The fourth-order valence-corrected chi connectivity index (χ4v) is 3.65. The number of nitrogen functional groups attached to an aromatic ring is 1. The van der Waals surface area contributed by atoms with Gasteiger partial charge in [0.15, 0.2) is 4.34 Å². The summed E-state index contributed by atoms with van der Waals surface area (Å²) in [5.41, 5.74) is 7.58. The lowest BCUT2D eigenvalue weighted by atomic mass is 10.3. The predicted octanol–water partition coefficient (Wildman–Crippen LogP) is 3.02. The molecule has 1 aromatic heterocycles. The molecule has 0 bridgehead atoms. The molecule has 0 saturated carbocycles. The number of nitrogens with zero attached hydrogens (tertiary/aromatic N) is 1. The van der Waals surface area contributed by atoms with Gasteiger partial charge in [-0.05, 0) is 24.6 Å². The molecule has 0 amide bonds. The molecule has 0 aliphatic heterocycles. The van der Waals surface area contributed by atoms with Gasteiger partial charge < -0.3 is 15.2 Å². The number of fused-ring (bicyclic) bond motifs is 1. The summed E-state index contributed by atoms with van der Waals surface area (Å²) in [6.07, 6.45) is 1.02. The van der Waals surface area contributed by atoms with Crippen molar-refractivity contribution < 1.29 is 9.47 Å². The first kappa shape index (κ1) is 14.6. The molecule has 1 aromatic carbocycles. The number of hydrogen-bond donors (Lipinski definition) is 1. The van der Waals surface area contributed by atoms with E-state index >= 15 is 0 Å². The molecule has 0 saturated heterocycles. The molecule has 2 N–H and O–H groups in total. The highest BCUT2D eigenvalue weighted by Gasteiger charge is 2.04. The second kappa shape index (κ2) is 7.69. The molecule has 0 atom stereocenters. The third-order valence-corrected chi connectivity index (χ3v) is 4.73. The molecule has 1 heterocycles. The molecule has 0 fully saturated rings. The number of hydrogen-bond acceptors (Lipinski definition) is 6. The summed E-state index contributed by atoms with van der Waals surface area (Å²) < 4.78 is 12.6. The van der Waals surface area contributed by atoms with E-state index in [-0.39, 0.29) is 0 Å². The summed E-state index contributed by atoms with van der Waals surface area (Å²) in [6, 6.07) is 5.84. The van der Waals surface area contributed by atoms with E-state index in [1.54, 1.807) is 30.2 Å². The molecule has 0 aliphatic rings. The molecule has 104 valence electrons. The number of methoxy groups -OCH3 is 1. The van der Waals surface area contributed by atoms with E-state index in [0.29, 0.717) is 13.2 Å². The van der Waals surface area contributed by atoms with Crippen LogP contribution >= 0.6 is 23.1 Å². The fourth-order valence-electron chi connectivity index (χ4n) is 1.55. The maximum Gasteiger partial charge on any atom is 0.151 e. The number of ether oxygens (including phenoxy) is 2. The van der Waals surface area contributed by atoms with Crippen LogP contribution in [0.3, 0.4) is 0 Å². The zero-order chi connectivity index (χ0) is 13.5. The van der Waals surface area contributed by atoms with Crippen molar-refractivity contribution in [2.75, 3.05) is 38.4 Å². The summed E-state index contributed by atoms with van der Waals surface area (Å²) in [5.74, 6) is 1.02. The van der Waals surface area contributed by atoms with Crippen LogP contribution in [-0.2, 0) is 9.47 Å². The lowest BCUT2D eigenvalue weighted by molar-refractivity contribution is 0.0713. The van der Waals surface area contributed by atoms with E-state index in [1.807, 2.05) is 18.2 Å². The second-order valence-electron chi connectivity index (χ2n) is 4.01. The molecule has 6 heteroatoms. The van der Waals surface area contributed by atoms with Crippen LogP contribution < -0.4 is 5.73 Å². The van der Waals surface area contributed by atoms with Gasteiger partial charge in [0.2, 0.25) is 0 Å². The summed E-state index contributed by atoms with van der Waals surface area (Å²) in [7, 11) is 1.68. The minimum Gasteiger partial charge on any atom is -0.399 e. The lowest BCUT2D eigenvalue weighted by Gasteiger charge is -2.02. The molecule has 0 spiro atoms. The average Bonchev–Trinajstić information content (AvgIpc) is 2.79. The number of anilines is 1. The number of thioether (sulfide) groups is 1. The van der Waals surface area contributed by atoms with Crippen molar-refractivity contribution in [2.45, 2.75) is 10.8 Å². The highest BCUT2D eigenvalue weighted by Crippen LogP contribution is 2.30. The zero-order valence-electron chi connectivity index (χ0n) is 10.9. The third kappa shape index (κ3) is 4.65. The Kier molecular flexibility index (Phi) is 5.91. The van der Waals surface area contributed by atoms with Gasteiger partial charge in [0.05, 0.1) is 23.4 Å². The van der Waals surface area contributed by atoms with Gasteiger partial charge in [-0.3, -0.25) is 0 Å². The number of nitrogens with two attached hydrogens (primary N) is 1. The minimum atomic E-state index is 0.659. The van der Waals surface area contributed by atoms with Gasteiger partial charge in [-0.25, -0.2) is 4.98 Å². The Balaban J connectivity index is 1.72. The van der Waals surface area contributed by atoms with Crippen LogP contribution in [0.4, 0.5) is 5.69 Å². The van der Waals surface area contributed by atoms with Gasteiger partial charge >= 0.3 is 0 Å². The molecule has 2 rings (SSSR count). The minimum absolute atomic E-state index is 0.659. The van der Waals surface area contributed by atoms with Crippen LogP contribution in [0.2, 0.25) is 0 Å². The molecule has 4 nitrogen and oxygen atoms in total. The van der Waals surface area contributed by atoms with Crippen LogP contribution in [0.5, 0.6) is 0 Å². The standard InChI is InChI=1S/C13H18N2O2S2/c1-16-6-7-17-5-2-8-18-13-15-11-4-3-10(14)9-12(11)19-13/h3-4,9H,2,5-8,14H2,1H3. The second-order valence-corrected chi connectivity index (χ2v) is 6.39. The highest BCUT2D eigenvalue weighted by atomic mass is 32.2. The first-order valence-corrected chi connectivity index (χ1v) is 7.95. The predicted molar refractivity (Wildman–Crippen MR) is 82.1 cm³/mol. The number of benzene rings is 1. The van der Waals surface area contributed by atoms with Gasteiger partial charge in [-0.2, -0.15) is 0 Å². The van der Waals surface area contributed by atoms with Crippen LogP contribution in [0.1, 0.15) is 6.42 Å². The van der Waals surface area contributed by atoms with E-state index < -0.39 is 0 Å². The number of rotatable bonds is 8. The van der Waals surface area contributed by atoms with Crippen molar-refractivity contribution in [2.24, 2.45) is 0 Å². The quantitative estimate of drug-likeness (QED) is 0.461. The van der Waals surface area contributed by atoms with Crippen molar-refractivity contribution in [3.8, 4) is 0 Å². The van der Waals surface area contributed by atoms with Crippen molar-refractivity contribution in [3.05, 3.63) is 18.2 Å². The van der Waals surface area contributed by atoms with Gasteiger partial charge in [0.25, 0.3) is 0 Å². The maximum absolute atomic E-state index is 5.76. The van der Waals surface area contributed by atoms with Crippen molar-refractivity contribution >= 4 is 39.0 Å². The lowest BCUT2D eigenvalue weighted by Crippen LogP contribution is -2.03. The molecule has 0 radical (unpaired) electrons. The van der Waals surface area contributed by atoms with Crippen molar-refractivity contribution in [1.29, 1.82) is 0 Å². The summed E-state index contributed by atoms with van der Waals surface area (Å²) in [6.45, 7) is 2.10. The first-order valence-electron chi connectivity index (χ1n) is 6.15. The van der Waals surface area contributed by atoms with Gasteiger partial charge in [0.1, 0.15) is 0 Å². The molecular weight excluding hydrogens is 280 g/mol. The zero-order valence-corrected chi connectivity index (χ0v) is 12.6. The Hall–Kier alpha value is -0.820. The Morgan fingerprint density at radius 3 is 3.05 bits per heavy atom. The normalized spacial score (nSPS) is 11.2. The van der Waals surface area contributed by atoms with E-state index in [2.05, 4.69) is 4.98 Å². The van der Waals surface area contributed by atoms with Gasteiger partial charge in [-0.1, -0.05) is 11.8 Å². The van der Waals surface area contributed by atoms with E-state index in [0.717, 1.165) is 39.0 Å². The maximum atomic E-state index is 5.76. The van der Waals surface area contributed by atoms with Crippen molar-refractivity contribution in [1.82, 2.24) is 4.98 Å². The average molecular weight is 298 g/mol. The Morgan fingerprint density at radius 2 is 2.21 bits per heavy atom. The number of aromatic nitrogens is 1. The Labute approximate surface area is 121 Å². The van der Waals surface area contributed by atoms with Crippen molar-refractivity contribution in [3.63, 3.8) is 0 Å². The topological polar surface area (TPSA) is 57.4 Å². The Morgan fingerprint density at radius 1 is 1.32 bits per heavy atom. The monoisotopic (exact) mass is 298 g/mol. The molecule has 0 aliphatic carbocycles. The van der Waals surface area contributed by atoms with Crippen LogP contribution in [0, 0.1) is 0 Å². The summed E-state index contributed by atoms with van der Waals surface area (Å²) in [4.78, 5) is 4.57. The summed E-state index contributed by atoms with van der Waals surface area (Å²) >= 11 is 3.47. The SMILES string of the molecule is COCCOCCCSc1nc2ccc(N)cc2s1. The largest absolute Gasteiger partial charge is 0.399 e. The first-order chi connectivity index (χ1) is 9.29. The van der Waals surface area contributed by atoms with Gasteiger partial charge in [0, 0.05) is 25.2 Å². The van der Waals surface area contributed by atoms with E-state index in [4.69, 9.17) is 15.2 Å². The van der Waals surface area contributed by atoms with E-state index in [1.165, 1.54) is 0 Å². The fraction of sp³-hybridized carbons (Fsp3) is 0.462. The van der Waals surface area contributed by atoms with Crippen LogP contribution in [0.25, 0.3) is 10.2 Å². The molecule has 2 aromatic rings. The summed E-state index contributed by atoms with van der Waals surface area (Å²) in [5, 5.41) is 0. The molecular formula is C13H18N2O2S2. The smallest absolute Gasteiger partial charge is 0.151 e. The van der Waals surface area contributed by atoms with Crippen LogP contribution in [-0.4, -0.2) is 37.7 Å². The molecule has 0 unspecified atom stereocenters. The van der Waals surface area contributed by atoms with E-state index in [9.17, 15) is 0 Å². The van der Waals surface area contributed by atoms with Gasteiger partial charge in [-0.15, -0.1) is 11.3 Å². The highest BCUT2D eigenvalue weighted by molar-refractivity contribution is 8.01. The van der Waals surface area contributed by atoms with Crippen LogP contribution in [0.15, 0.2) is 22.5 Å². The third-order valence-electron chi connectivity index (χ3n) is 2.48.